The van der Waals surface area contributed by atoms with Gasteiger partial charge in [-0.15, -0.1) is 0 Å². The molecule has 2 amide bonds. The van der Waals surface area contributed by atoms with E-state index in [1.807, 2.05) is 0 Å². The number of para-hydroxylation sites is 1. The number of nitrogens with zero attached hydrogens (tertiary/aromatic N) is 2. The summed E-state index contributed by atoms with van der Waals surface area (Å²) in [5, 5.41) is 8.64. The van der Waals surface area contributed by atoms with Crippen molar-refractivity contribution in [1.82, 2.24) is 15.1 Å². The highest BCUT2D eigenvalue weighted by Gasteiger charge is 2.33. The lowest BCUT2D eigenvalue weighted by Crippen LogP contribution is -2.32. The third-order valence-electron chi connectivity index (χ3n) is 4.20. The summed E-state index contributed by atoms with van der Waals surface area (Å²) >= 11 is 0. The van der Waals surface area contributed by atoms with Gasteiger partial charge in [-0.25, -0.2) is 0 Å². The van der Waals surface area contributed by atoms with E-state index in [1.54, 1.807) is 24.3 Å². The van der Waals surface area contributed by atoms with Gasteiger partial charge in [-0.3, -0.25) is 14.3 Å². The minimum atomic E-state index is -4.57. The topological polar surface area (TPSA) is 85.2 Å². The molecule has 0 unspecified atom stereocenters. The van der Waals surface area contributed by atoms with Crippen LogP contribution < -0.4 is 10.6 Å². The lowest BCUT2D eigenvalue weighted by Gasteiger charge is -2.14. The van der Waals surface area contributed by atoms with Crippen LogP contribution in [0, 0.1) is 0 Å². The lowest BCUT2D eigenvalue weighted by atomic mass is 10.1. The van der Waals surface area contributed by atoms with Crippen molar-refractivity contribution in [2.45, 2.75) is 31.7 Å². The molecule has 1 saturated heterocycles. The zero-order valence-corrected chi connectivity index (χ0v) is 14.8. The fraction of sp³-hybridized carbons (Fsp3) is 0.389. The number of aromatic nitrogens is 2. The number of amides is 2. The van der Waals surface area contributed by atoms with E-state index in [0.717, 1.165) is 29.8 Å². The number of halogens is 3. The Morgan fingerprint density at radius 2 is 2.04 bits per heavy atom. The largest absolute Gasteiger partial charge is 0.435 e. The van der Waals surface area contributed by atoms with Crippen molar-refractivity contribution in [3.8, 4) is 0 Å². The van der Waals surface area contributed by atoms with Crippen molar-refractivity contribution in [3.63, 3.8) is 0 Å². The molecule has 2 N–H and O–H groups in total. The van der Waals surface area contributed by atoms with E-state index in [9.17, 15) is 22.8 Å². The maximum atomic E-state index is 12.6. The molecule has 3 rings (SSSR count). The van der Waals surface area contributed by atoms with Crippen LogP contribution in [0.1, 0.15) is 28.9 Å². The van der Waals surface area contributed by atoms with Gasteiger partial charge in [-0.05, 0) is 31.0 Å². The minimum absolute atomic E-state index is 0.0200. The zero-order chi connectivity index (χ0) is 20.1. The molecule has 0 radical (unpaired) electrons. The van der Waals surface area contributed by atoms with Crippen molar-refractivity contribution < 1.29 is 27.5 Å². The summed E-state index contributed by atoms with van der Waals surface area (Å²) in [5.74, 6) is -0.971. The first-order valence-corrected chi connectivity index (χ1v) is 8.72. The Morgan fingerprint density at radius 1 is 1.25 bits per heavy atom. The minimum Gasteiger partial charge on any atom is -0.376 e. The summed E-state index contributed by atoms with van der Waals surface area (Å²) in [6.07, 6.45) is -1.69. The SMILES string of the molecule is O=C(Cn1ccc(C(F)(F)F)n1)Nc1ccccc1C(=O)NC[C@H]1CCCO1. The first-order chi connectivity index (χ1) is 13.3. The van der Waals surface area contributed by atoms with Gasteiger partial charge in [-0.1, -0.05) is 12.1 Å². The number of hydrogen-bond donors (Lipinski definition) is 2. The number of rotatable bonds is 6. The predicted octanol–water partition coefficient (Wildman–Crippen LogP) is 2.45. The van der Waals surface area contributed by atoms with Crippen LogP contribution >= 0.6 is 0 Å². The molecule has 2 heterocycles. The number of carbonyl (C=O) groups is 2. The molecule has 1 aromatic heterocycles. The van der Waals surface area contributed by atoms with Gasteiger partial charge in [0.1, 0.15) is 6.54 Å². The molecule has 28 heavy (non-hydrogen) atoms. The van der Waals surface area contributed by atoms with E-state index >= 15 is 0 Å². The van der Waals surface area contributed by atoms with E-state index in [1.165, 1.54) is 0 Å². The maximum Gasteiger partial charge on any atom is 0.435 e. The first-order valence-electron chi connectivity index (χ1n) is 8.72. The molecule has 150 valence electrons. The van der Waals surface area contributed by atoms with Gasteiger partial charge >= 0.3 is 6.18 Å². The van der Waals surface area contributed by atoms with Crippen molar-refractivity contribution in [2.24, 2.45) is 0 Å². The second kappa shape index (κ2) is 8.42. The number of carbonyl (C=O) groups excluding carboxylic acids is 2. The highest BCUT2D eigenvalue weighted by Crippen LogP contribution is 2.27. The van der Waals surface area contributed by atoms with Crippen LogP contribution in [0.5, 0.6) is 0 Å². The molecular weight excluding hydrogens is 377 g/mol. The average Bonchev–Trinajstić information content (AvgIpc) is 3.31. The third-order valence-corrected chi connectivity index (χ3v) is 4.20. The Morgan fingerprint density at radius 3 is 2.71 bits per heavy atom. The van der Waals surface area contributed by atoms with Crippen LogP contribution in [0.25, 0.3) is 0 Å². The molecular formula is C18H19F3N4O3. The first kappa shape index (κ1) is 19.9. The van der Waals surface area contributed by atoms with Crippen molar-refractivity contribution in [2.75, 3.05) is 18.5 Å². The molecule has 0 saturated carbocycles. The molecule has 1 fully saturated rings. The monoisotopic (exact) mass is 396 g/mol. The highest BCUT2D eigenvalue weighted by atomic mass is 19.4. The van der Waals surface area contributed by atoms with Crippen molar-refractivity contribution in [1.29, 1.82) is 0 Å². The number of benzene rings is 1. The van der Waals surface area contributed by atoms with Crippen LogP contribution in [-0.4, -0.2) is 40.9 Å². The zero-order valence-electron chi connectivity index (χ0n) is 14.8. The summed E-state index contributed by atoms with van der Waals surface area (Å²) in [7, 11) is 0. The maximum absolute atomic E-state index is 12.6. The molecule has 0 spiro atoms. The Hall–Kier alpha value is -2.88. The van der Waals surface area contributed by atoms with Gasteiger partial charge in [-0.2, -0.15) is 18.3 Å². The van der Waals surface area contributed by atoms with E-state index in [4.69, 9.17) is 4.74 Å². The predicted molar refractivity (Wildman–Crippen MR) is 93.6 cm³/mol. The Balaban J connectivity index is 1.61. The van der Waals surface area contributed by atoms with Gasteiger partial charge in [0, 0.05) is 19.3 Å². The highest BCUT2D eigenvalue weighted by molar-refractivity contribution is 6.03. The number of ether oxygens (including phenoxy) is 1. The van der Waals surface area contributed by atoms with Crippen LogP contribution in [0.15, 0.2) is 36.5 Å². The van der Waals surface area contributed by atoms with Crippen LogP contribution in [0.2, 0.25) is 0 Å². The van der Waals surface area contributed by atoms with E-state index in [-0.39, 0.29) is 23.3 Å². The molecule has 0 aliphatic carbocycles. The summed E-state index contributed by atoms with van der Waals surface area (Å²) in [6.45, 7) is 0.632. The molecule has 10 heteroatoms. The van der Waals surface area contributed by atoms with E-state index in [2.05, 4.69) is 15.7 Å². The number of nitrogens with one attached hydrogen (secondary N) is 2. The van der Waals surface area contributed by atoms with Crippen molar-refractivity contribution in [3.05, 3.63) is 47.8 Å². The van der Waals surface area contributed by atoms with E-state index < -0.39 is 24.3 Å². The number of hydrogen-bond acceptors (Lipinski definition) is 4. The summed E-state index contributed by atoms with van der Waals surface area (Å²) in [5.41, 5.74) is -0.556. The fourth-order valence-electron chi connectivity index (χ4n) is 2.84. The lowest BCUT2D eigenvalue weighted by molar-refractivity contribution is -0.141. The van der Waals surface area contributed by atoms with Crippen molar-refractivity contribution >= 4 is 17.5 Å². The summed E-state index contributed by atoms with van der Waals surface area (Å²) in [6, 6.07) is 7.18. The Kier molecular flexibility index (Phi) is 5.98. The summed E-state index contributed by atoms with van der Waals surface area (Å²) < 4.78 is 44.1. The molecule has 7 nitrogen and oxygen atoms in total. The normalized spacial score (nSPS) is 16.8. The van der Waals surface area contributed by atoms with Gasteiger partial charge in [0.25, 0.3) is 5.91 Å². The number of alkyl halides is 3. The fourth-order valence-corrected chi connectivity index (χ4v) is 2.84. The quantitative estimate of drug-likeness (QED) is 0.786. The molecule has 2 aromatic rings. The average molecular weight is 396 g/mol. The second-order valence-corrected chi connectivity index (χ2v) is 6.34. The smallest absolute Gasteiger partial charge is 0.376 e. The molecule has 1 aliphatic rings. The Bertz CT molecular complexity index is 845. The van der Waals surface area contributed by atoms with Crippen LogP contribution in [-0.2, 0) is 22.3 Å². The molecule has 1 aromatic carbocycles. The summed E-state index contributed by atoms with van der Waals surface area (Å²) in [4.78, 5) is 24.6. The number of anilines is 1. The van der Waals surface area contributed by atoms with E-state index in [0.29, 0.717) is 13.2 Å². The van der Waals surface area contributed by atoms with Gasteiger partial charge in [0.05, 0.1) is 17.4 Å². The van der Waals surface area contributed by atoms with Gasteiger partial charge in [0.15, 0.2) is 5.69 Å². The third kappa shape index (κ3) is 5.10. The second-order valence-electron chi connectivity index (χ2n) is 6.34. The van der Waals surface area contributed by atoms with Crippen LogP contribution in [0.3, 0.4) is 0 Å². The standard InChI is InChI=1S/C18H19F3N4O3/c19-18(20,21)15-7-8-25(24-15)11-16(26)23-14-6-2-1-5-13(14)17(27)22-10-12-4-3-9-28-12/h1-2,5-8,12H,3-4,9-11H2,(H,22,27)(H,23,26)/t12-/m1/s1. The van der Waals surface area contributed by atoms with Crippen LogP contribution in [0.4, 0.5) is 18.9 Å². The van der Waals surface area contributed by atoms with Gasteiger partial charge < -0.3 is 15.4 Å². The Labute approximate surface area is 158 Å². The molecule has 0 bridgehead atoms. The molecule has 1 atom stereocenters. The molecule has 1 aliphatic heterocycles. The van der Waals surface area contributed by atoms with Gasteiger partial charge in [0.2, 0.25) is 5.91 Å².